The highest BCUT2D eigenvalue weighted by molar-refractivity contribution is 5.89. The Morgan fingerprint density at radius 1 is 1.32 bits per heavy atom. The molecule has 2 amide bonds. The lowest BCUT2D eigenvalue weighted by Gasteiger charge is -2.51. The van der Waals surface area contributed by atoms with Gasteiger partial charge in [-0.2, -0.15) is 5.10 Å². The first-order valence-electron chi connectivity index (χ1n) is 8.92. The predicted octanol–water partition coefficient (Wildman–Crippen LogP) is 2.70. The topological polar surface area (TPSA) is 70.4 Å². The fourth-order valence-corrected chi connectivity index (χ4v) is 4.14. The van der Waals surface area contributed by atoms with Crippen LogP contribution < -0.4 is 5.32 Å². The molecule has 0 spiro atoms. The van der Waals surface area contributed by atoms with E-state index >= 15 is 0 Å². The molecular weight excluding hydrogens is 316 g/mol. The molecule has 3 aliphatic rings. The molecule has 2 N–H and O–H groups in total. The summed E-state index contributed by atoms with van der Waals surface area (Å²) in [4.78, 5) is 14.7. The zero-order valence-electron chi connectivity index (χ0n) is 14.3. The average Bonchev–Trinajstić information content (AvgIpc) is 3.16. The molecule has 0 radical (unpaired) electrons. The summed E-state index contributed by atoms with van der Waals surface area (Å²) in [5, 5.41) is 17.0. The van der Waals surface area contributed by atoms with Gasteiger partial charge in [0.05, 0.1) is 13.2 Å². The highest BCUT2D eigenvalue weighted by Gasteiger charge is 2.45. The van der Waals surface area contributed by atoms with Gasteiger partial charge >= 0.3 is 6.03 Å². The van der Waals surface area contributed by atoms with Crippen LogP contribution in [-0.4, -0.2) is 45.0 Å². The highest BCUT2D eigenvalue weighted by atomic mass is 16.3. The minimum absolute atomic E-state index is 0.0570. The number of benzene rings is 1. The maximum absolute atomic E-state index is 12.8. The van der Waals surface area contributed by atoms with Crippen LogP contribution in [0.25, 0.3) is 0 Å². The number of carbonyl (C=O) groups excluding carboxylic acids is 1. The maximum atomic E-state index is 12.8. The van der Waals surface area contributed by atoms with E-state index < -0.39 is 0 Å². The summed E-state index contributed by atoms with van der Waals surface area (Å²) in [6.45, 7) is 1.51. The van der Waals surface area contributed by atoms with Crippen LogP contribution in [-0.2, 0) is 6.54 Å². The van der Waals surface area contributed by atoms with Gasteiger partial charge in [-0.1, -0.05) is 12.1 Å². The molecule has 2 saturated heterocycles. The zero-order chi connectivity index (χ0) is 17.3. The Morgan fingerprint density at radius 2 is 2.16 bits per heavy atom. The summed E-state index contributed by atoms with van der Waals surface area (Å²) in [5.74, 6) is 0. The van der Waals surface area contributed by atoms with Gasteiger partial charge in [-0.3, -0.25) is 4.68 Å². The summed E-state index contributed by atoms with van der Waals surface area (Å²) in [7, 11) is 0. The minimum atomic E-state index is -0.0893. The Bertz CT molecular complexity index is 736. The first-order chi connectivity index (χ1) is 12.2. The molecule has 3 fully saturated rings. The Balaban J connectivity index is 1.44. The van der Waals surface area contributed by atoms with E-state index in [1.807, 2.05) is 46.1 Å². The van der Waals surface area contributed by atoms with E-state index in [1.54, 1.807) is 6.20 Å². The van der Waals surface area contributed by atoms with Crippen LogP contribution in [0, 0.1) is 5.41 Å². The fourth-order valence-electron chi connectivity index (χ4n) is 4.14. The van der Waals surface area contributed by atoms with Crippen molar-refractivity contribution in [3.63, 3.8) is 0 Å². The molecule has 2 aliphatic heterocycles. The van der Waals surface area contributed by atoms with Crippen molar-refractivity contribution >= 4 is 11.7 Å². The molecule has 6 nitrogen and oxygen atoms in total. The van der Waals surface area contributed by atoms with Gasteiger partial charge in [-0.15, -0.1) is 0 Å². The summed E-state index contributed by atoms with van der Waals surface area (Å²) in [5.41, 5.74) is 1.80. The van der Waals surface area contributed by atoms with Crippen LogP contribution >= 0.6 is 0 Å². The SMILES string of the molecule is O=C(Nc1cccc(Cn2cccn2)c1)N1CC2(CO)CCC1CC2. The van der Waals surface area contributed by atoms with E-state index in [0.717, 1.165) is 36.9 Å². The normalized spacial score (nSPS) is 25.2. The number of urea groups is 1. The van der Waals surface area contributed by atoms with Crippen molar-refractivity contribution in [2.45, 2.75) is 38.3 Å². The fraction of sp³-hybridized carbons (Fsp3) is 0.474. The number of aromatic nitrogens is 2. The van der Waals surface area contributed by atoms with Gasteiger partial charge in [-0.05, 0) is 49.4 Å². The van der Waals surface area contributed by atoms with Crippen molar-refractivity contribution in [1.29, 1.82) is 0 Å². The molecule has 1 aliphatic carbocycles. The summed E-state index contributed by atoms with van der Waals surface area (Å²) in [6, 6.07) is 10.0. The Kier molecular flexibility index (Phi) is 4.21. The molecule has 6 heteroatoms. The number of anilines is 1. The average molecular weight is 340 g/mol. The van der Waals surface area contributed by atoms with Crippen molar-refractivity contribution < 1.29 is 9.90 Å². The van der Waals surface area contributed by atoms with Gasteiger partial charge in [0.15, 0.2) is 0 Å². The van der Waals surface area contributed by atoms with Crippen molar-refractivity contribution in [3.05, 3.63) is 48.3 Å². The molecular formula is C19H24N4O2. The first-order valence-corrected chi connectivity index (χ1v) is 8.92. The second-order valence-corrected chi connectivity index (χ2v) is 7.35. The minimum Gasteiger partial charge on any atom is -0.396 e. The second kappa shape index (κ2) is 6.52. The van der Waals surface area contributed by atoms with Crippen molar-refractivity contribution in [2.24, 2.45) is 5.41 Å². The summed E-state index contributed by atoms with van der Waals surface area (Å²) >= 11 is 0. The first kappa shape index (κ1) is 16.1. The van der Waals surface area contributed by atoms with Crippen molar-refractivity contribution in [3.8, 4) is 0 Å². The number of aliphatic hydroxyl groups is 1. The van der Waals surface area contributed by atoms with Crippen LogP contribution in [0.4, 0.5) is 10.5 Å². The second-order valence-electron chi connectivity index (χ2n) is 7.35. The van der Waals surface area contributed by atoms with Crippen LogP contribution in [0.1, 0.15) is 31.2 Å². The van der Waals surface area contributed by atoms with Crippen LogP contribution in [0.5, 0.6) is 0 Å². The number of fused-ring (bicyclic) bond motifs is 3. The number of carbonyl (C=O) groups is 1. The van der Waals surface area contributed by atoms with E-state index in [-0.39, 0.29) is 18.1 Å². The third-order valence-corrected chi connectivity index (χ3v) is 5.64. The number of amides is 2. The highest BCUT2D eigenvalue weighted by Crippen LogP contribution is 2.44. The molecule has 132 valence electrons. The lowest BCUT2D eigenvalue weighted by Crippen LogP contribution is -2.58. The monoisotopic (exact) mass is 340 g/mol. The van der Waals surface area contributed by atoms with Gasteiger partial charge in [0, 0.05) is 36.1 Å². The molecule has 0 atom stereocenters. The third-order valence-electron chi connectivity index (χ3n) is 5.64. The number of hydrogen-bond acceptors (Lipinski definition) is 3. The van der Waals surface area contributed by atoms with Gasteiger partial charge in [0.2, 0.25) is 0 Å². The number of piperidine rings is 2. The van der Waals surface area contributed by atoms with Crippen molar-refractivity contribution in [2.75, 3.05) is 18.5 Å². The smallest absolute Gasteiger partial charge is 0.322 e. The van der Waals surface area contributed by atoms with Gasteiger partial charge in [0.1, 0.15) is 0 Å². The molecule has 1 saturated carbocycles. The molecule has 0 unspecified atom stereocenters. The standard InChI is InChI=1S/C19H24N4O2/c24-14-19-7-5-17(6-8-19)23(13-19)18(25)21-16-4-1-3-15(11-16)12-22-10-2-9-20-22/h1-4,9-11,17,24H,5-8,12-14H2,(H,21,25). The molecule has 1 aromatic carbocycles. The lowest BCUT2D eigenvalue weighted by atomic mass is 9.68. The third kappa shape index (κ3) is 3.26. The number of nitrogens with one attached hydrogen (secondary N) is 1. The molecule has 25 heavy (non-hydrogen) atoms. The summed E-state index contributed by atoms with van der Waals surface area (Å²) < 4.78 is 1.86. The van der Waals surface area contributed by atoms with E-state index in [1.165, 1.54) is 0 Å². The largest absolute Gasteiger partial charge is 0.396 e. The quantitative estimate of drug-likeness (QED) is 0.899. The van der Waals surface area contributed by atoms with Crippen LogP contribution in [0.2, 0.25) is 0 Å². The molecule has 2 bridgehead atoms. The molecule has 2 aromatic rings. The van der Waals surface area contributed by atoms with Crippen LogP contribution in [0.3, 0.4) is 0 Å². The molecule has 3 heterocycles. The van der Waals surface area contributed by atoms with Crippen LogP contribution in [0.15, 0.2) is 42.7 Å². The number of rotatable bonds is 4. The van der Waals surface area contributed by atoms with Gasteiger partial charge < -0.3 is 15.3 Å². The molecule has 5 rings (SSSR count). The number of nitrogens with zero attached hydrogens (tertiary/aromatic N) is 3. The van der Waals surface area contributed by atoms with Gasteiger partial charge in [-0.25, -0.2) is 4.79 Å². The Hall–Kier alpha value is -2.34. The Labute approximate surface area is 147 Å². The maximum Gasteiger partial charge on any atom is 0.322 e. The van der Waals surface area contributed by atoms with E-state index in [2.05, 4.69) is 10.4 Å². The van der Waals surface area contributed by atoms with E-state index in [4.69, 9.17) is 0 Å². The molecule has 1 aromatic heterocycles. The van der Waals surface area contributed by atoms with Crippen molar-refractivity contribution in [1.82, 2.24) is 14.7 Å². The lowest BCUT2D eigenvalue weighted by molar-refractivity contribution is -0.0275. The zero-order valence-corrected chi connectivity index (χ0v) is 14.3. The Morgan fingerprint density at radius 3 is 2.88 bits per heavy atom. The predicted molar refractivity (Wildman–Crippen MR) is 95.3 cm³/mol. The number of hydrogen-bond donors (Lipinski definition) is 2. The van der Waals surface area contributed by atoms with Gasteiger partial charge in [0.25, 0.3) is 0 Å². The summed E-state index contributed by atoms with van der Waals surface area (Å²) in [6.07, 6.45) is 7.72. The van der Waals surface area contributed by atoms with E-state index in [0.29, 0.717) is 19.1 Å². The number of aliphatic hydroxyl groups excluding tert-OH is 1. The van der Waals surface area contributed by atoms with E-state index in [9.17, 15) is 9.90 Å².